The van der Waals surface area contributed by atoms with E-state index in [4.69, 9.17) is 4.42 Å². The Bertz CT molecular complexity index is 411. The lowest BCUT2D eigenvalue weighted by molar-refractivity contribution is 0.109. The summed E-state index contributed by atoms with van der Waals surface area (Å²) in [4.78, 5) is 19.7. The molecule has 0 aliphatic carbocycles. The van der Waals surface area contributed by atoms with Crippen LogP contribution in [-0.2, 0) is 0 Å². The van der Waals surface area contributed by atoms with Gasteiger partial charge in [0.1, 0.15) is 5.76 Å². The first kappa shape index (κ1) is 11.0. The van der Waals surface area contributed by atoms with E-state index in [-0.39, 0.29) is 0 Å². The molecule has 0 spiro atoms. The van der Waals surface area contributed by atoms with Crippen LogP contribution >= 0.6 is 0 Å². The second kappa shape index (κ2) is 5.59. The predicted octanol–water partition coefficient (Wildman–Crippen LogP) is 2.49. The van der Waals surface area contributed by atoms with E-state index >= 15 is 0 Å². The largest absolute Gasteiger partial charge is 0.462 e. The fourth-order valence-electron chi connectivity index (χ4n) is 0.875. The van der Waals surface area contributed by atoms with Crippen molar-refractivity contribution >= 4 is 12.6 Å². The molecule has 0 aliphatic heterocycles. The van der Waals surface area contributed by atoms with Crippen LogP contribution in [0.4, 0.5) is 0 Å². The van der Waals surface area contributed by atoms with Gasteiger partial charge in [0.2, 0.25) is 0 Å². The van der Waals surface area contributed by atoms with Crippen LogP contribution in [0, 0.1) is 6.92 Å². The summed E-state index contributed by atoms with van der Waals surface area (Å²) in [6.07, 6.45) is 2.82. The molecule has 0 aliphatic rings. The molecule has 0 saturated heterocycles. The molecule has 2 aromatic heterocycles. The zero-order valence-electron chi connectivity index (χ0n) is 8.17. The van der Waals surface area contributed by atoms with Crippen molar-refractivity contribution in [2.75, 3.05) is 0 Å². The average molecular weight is 206 g/mol. The van der Waals surface area contributed by atoms with Gasteiger partial charge in [0, 0.05) is 0 Å². The van der Waals surface area contributed by atoms with Crippen LogP contribution in [0.3, 0.4) is 0 Å². The number of carbonyl (C=O) groups is 2. The quantitative estimate of drug-likeness (QED) is 0.708. The van der Waals surface area contributed by atoms with E-state index in [1.54, 1.807) is 31.2 Å². The van der Waals surface area contributed by atoms with E-state index in [0.717, 1.165) is 5.76 Å². The molecule has 78 valence electrons. The molecule has 0 bridgehead atoms. The Kier molecular flexibility index (Phi) is 4.09. The van der Waals surface area contributed by atoms with Crippen LogP contribution in [0.1, 0.15) is 26.9 Å². The molecule has 2 aromatic rings. The molecule has 0 atom stereocenters. The second-order valence-corrected chi connectivity index (χ2v) is 2.70. The minimum absolute atomic E-state index is 0.375. The van der Waals surface area contributed by atoms with Crippen molar-refractivity contribution in [3.63, 3.8) is 0 Å². The van der Waals surface area contributed by atoms with E-state index in [0.29, 0.717) is 24.1 Å². The van der Waals surface area contributed by atoms with Gasteiger partial charge in [0.15, 0.2) is 24.1 Å². The third kappa shape index (κ3) is 3.64. The van der Waals surface area contributed by atoms with Crippen LogP contribution in [0.5, 0.6) is 0 Å². The standard InChI is InChI=1S/C6H6O2.C5H4O2/c1-5-2-3-6(4-7)8-5;6-4-5-2-1-3-7-5/h2-4H,1H3;1-4H. The number of rotatable bonds is 2. The van der Waals surface area contributed by atoms with Crippen molar-refractivity contribution in [2.24, 2.45) is 0 Å². The highest BCUT2D eigenvalue weighted by Gasteiger charge is 1.91. The van der Waals surface area contributed by atoms with Crippen molar-refractivity contribution < 1.29 is 18.4 Å². The molecule has 0 fully saturated rings. The molecular formula is C11H10O4. The van der Waals surface area contributed by atoms with E-state index < -0.39 is 0 Å². The highest BCUT2D eigenvalue weighted by molar-refractivity contribution is 5.70. The Labute approximate surface area is 86.5 Å². The fraction of sp³-hybridized carbons (Fsp3) is 0.0909. The van der Waals surface area contributed by atoms with Gasteiger partial charge in [-0.1, -0.05) is 0 Å². The minimum Gasteiger partial charge on any atom is -0.462 e. The lowest BCUT2D eigenvalue weighted by atomic mass is 10.5. The fourth-order valence-corrected chi connectivity index (χ4v) is 0.875. The van der Waals surface area contributed by atoms with Gasteiger partial charge < -0.3 is 8.83 Å². The highest BCUT2D eigenvalue weighted by atomic mass is 16.3. The number of aldehydes is 2. The summed E-state index contributed by atoms with van der Waals surface area (Å²) in [6.45, 7) is 1.80. The number of aryl methyl sites for hydroxylation is 1. The molecular weight excluding hydrogens is 196 g/mol. The number of hydrogen-bond acceptors (Lipinski definition) is 4. The SMILES string of the molecule is Cc1ccc(C=O)o1.O=Cc1ccco1. The molecule has 2 heterocycles. The lowest BCUT2D eigenvalue weighted by Crippen LogP contribution is -1.66. The van der Waals surface area contributed by atoms with Crippen molar-refractivity contribution in [1.29, 1.82) is 0 Å². The van der Waals surface area contributed by atoms with E-state index in [1.165, 1.54) is 6.26 Å². The third-order valence-electron chi connectivity index (χ3n) is 1.54. The number of carbonyl (C=O) groups excluding carboxylic acids is 2. The first-order valence-electron chi connectivity index (χ1n) is 4.26. The maximum Gasteiger partial charge on any atom is 0.185 e. The maximum absolute atomic E-state index is 9.93. The van der Waals surface area contributed by atoms with E-state index in [1.807, 2.05) is 0 Å². The monoisotopic (exact) mass is 206 g/mol. The molecule has 0 radical (unpaired) electrons. The molecule has 15 heavy (non-hydrogen) atoms. The van der Waals surface area contributed by atoms with Gasteiger partial charge in [0.05, 0.1) is 6.26 Å². The van der Waals surface area contributed by atoms with Crippen LogP contribution in [0.15, 0.2) is 39.4 Å². The summed E-state index contributed by atoms with van der Waals surface area (Å²) in [6, 6.07) is 6.67. The van der Waals surface area contributed by atoms with Gasteiger partial charge in [-0.2, -0.15) is 0 Å². The van der Waals surface area contributed by atoms with Crippen LogP contribution in [0.25, 0.3) is 0 Å². The first-order chi connectivity index (χ1) is 7.26. The Morgan fingerprint density at radius 1 is 1.07 bits per heavy atom. The summed E-state index contributed by atoms with van der Waals surface area (Å²) in [5.41, 5.74) is 0. The topological polar surface area (TPSA) is 60.4 Å². The van der Waals surface area contributed by atoms with Gasteiger partial charge in [-0.05, 0) is 31.2 Å². The van der Waals surface area contributed by atoms with Gasteiger partial charge in [-0.15, -0.1) is 0 Å². The normalized spacial score (nSPS) is 8.87. The molecule has 0 saturated carbocycles. The molecule has 0 amide bonds. The Hall–Kier alpha value is -2.10. The molecule has 4 nitrogen and oxygen atoms in total. The van der Waals surface area contributed by atoms with E-state index in [9.17, 15) is 9.59 Å². The summed E-state index contributed by atoms with van der Waals surface area (Å²) in [7, 11) is 0. The average Bonchev–Trinajstić information content (AvgIpc) is 2.88. The van der Waals surface area contributed by atoms with Gasteiger partial charge in [0.25, 0.3) is 0 Å². The van der Waals surface area contributed by atoms with E-state index in [2.05, 4.69) is 4.42 Å². The lowest BCUT2D eigenvalue weighted by Gasteiger charge is -1.75. The van der Waals surface area contributed by atoms with Gasteiger partial charge in [-0.25, -0.2) is 0 Å². The predicted molar refractivity (Wildman–Crippen MR) is 52.9 cm³/mol. The molecule has 2 rings (SSSR count). The van der Waals surface area contributed by atoms with Crippen LogP contribution in [-0.4, -0.2) is 12.6 Å². The van der Waals surface area contributed by atoms with Crippen molar-refractivity contribution in [3.8, 4) is 0 Å². The van der Waals surface area contributed by atoms with Crippen molar-refractivity contribution in [2.45, 2.75) is 6.92 Å². The van der Waals surface area contributed by atoms with Crippen LogP contribution < -0.4 is 0 Å². The third-order valence-corrected chi connectivity index (χ3v) is 1.54. The number of hydrogen-bond donors (Lipinski definition) is 0. The molecule has 0 unspecified atom stereocenters. The maximum atomic E-state index is 9.93. The molecule has 0 aromatic carbocycles. The molecule has 4 heteroatoms. The first-order valence-corrected chi connectivity index (χ1v) is 4.26. The summed E-state index contributed by atoms with van der Waals surface area (Å²) in [5.74, 6) is 1.54. The van der Waals surface area contributed by atoms with Gasteiger partial charge in [-0.3, -0.25) is 9.59 Å². The molecule has 0 N–H and O–H groups in total. The highest BCUT2D eigenvalue weighted by Crippen LogP contribution is 2.01. The van der Waals surface area contributed by atoms with Crippen LogP contribution in [0.2, 0.25) is 0 Å². The van der Waals surface area contributed by atoms with Gasteiger partial charge >= 0.3 is 0 Å². The summed E-state index contributed by atoms with van der Waals surface area (Å²) >= 11 is 0. The summed E-state index contributed by atoms with van der Waals surface area (Å²) in [5, 5.41) is 0. The minimum atomic E-state index is 0.375. The smallest absolute Gasteiger partial charge is 0.185 e. The Morgan fingerprint density at radius 3 is 2.07 bits per heavy atom. The Morgan fingerprint density at radius 2 is 1.80 bits per heavy atom. The number of furan rings is 2. The van der Waals surface area contributed by atoms with Crippen molar-refractivity contribution in [1.82, 2.24) is 0 Å². The Balaban J connectivity index is 0.000000151. The zero-order valence-corrected chi connectivity index (χ0v) is 8.17. The summed E-state index contributed by atoms with van der Waals surface area (Å²) < 4.78 is 9.48. The second-order valence-electron chi connectivity index (χ2n) is 2.70. The zero-order chi connectivity index (χ0) is 11.1. The van der Waals surface area contributed by atoms with Crippen molar-refractivity contribution in [3.05, 3.63) is 47.8 Å².